The average Bonchev–Trinajstić information content (AvgIpc) is 3.09. The van der Waals surface area contributed by atoms with Gasteiger partial charge in [0, 0.05) is 23.7 Å². The molecule has 1 heterocycles. The zero-order chi connectivity index (χ0) is 19.5. The van der Waals surface area contributed by atoms with Crippen molar-refractivity contribution in [3.05, 3.63) is 102 Å². The highest BCUT2D eigenvalue weighted by atomic mass is 15.2. The predicted molar refractivity (Wildman–Crippen MR) is 119 cm³/mol. The Kier molecular flexibility index (Phi) is 4.90. The molecule has 138 valence electrons. The van der Waals surface area contributed by atoms with Gasteiger partial charge < -0.3 is 4.90 Å². The third-order valence-corrected chi connectivity index (χ3v) is 5.14. The molecule has 0 spiro atoms. The minimum atomic E-state index is 0.420. The number of amidine groups is 1. The minimum absolute atomic E-state index is 0.420. The van der Waals surface area contributed by atoms with Crippen LogP contribution in [0.15, 0.2) is 101 Å². The lowest BCUT2D eigenvalue weighted by Gasteiger charge is -2.20. The molecule has 0 saturated carbocycles. The highest BCUT2D eigenvalue weighted by Gasteiger charge is 2.27. The number of anilines is 1. The van der Waals surface area contributed by atoms with Gasteiger partial charge in [-0.15, -0.1) is 0 Å². The largest absolute Gasteiger partial charge is 0.326 e. The standard InChI is InChI=1S/C25H23N3/c1-18-17-28(19(2)27-25(26-3)21-12-8-5-9-13-21)24-16-22(14-15-23(18)24)20-10-6-4-7-11-20/h4-16,18H,2-3,17H2,1H3. The zero-order valence-electron chi connectivity index (χ0n) is 16.0. The van der Waals surface area contributed by atoms with Crippen molar-refractivity contribution in [1.29, 1.82) is 0 Å². The molecule has 0 radical (unpaired) electrons. The molecule has 0 amide bonds. The average molecular weight is 365 g/mol. The first-order valence-electron chi connectivity index (χ1n) is 9.44. The molecule has 1 atom stereocenters. The van der Waals surface area contributed by atoms with Crippen LogP contribution in [0, 0.1) is 0 Å². The first kappa shape index (κ1) is 17.9. The minimum Gasteiger partial charge on any atom is -0.326 e. The second-order valence-corrected chi connectivity index (χ2v) is 7.03. The number of aliphatic imine (C=N–C) groups is 2. The van der Waals surface area contributed by atoms with Crippen LogP contribution < -0.4 is 4.90 Å². The molecular weight excluding hydrogens is 342 g/mol. The van der Waals surface area contributed by atoms with Crippen molar-refractivity contribution in [2.75, 3.05) is 11.4 Å². The molecule has 1 aliphatic rings. The molecule has 4 rings (SSSR count). The van der Waals surface area contributed by atoms with E-state index in [1.807, 2.05) is 36.4 Å². The third kappa shape index (κ3) is 3.39. The summed E-state index contributed by atoms with van der Waals surface area (Å²) in [5.41, 5.74) is 5.82. The second kappa shape index (κ2) is 7.65. The maximum Gasteiger partial charge on any atom is 0.160 e. The summed E-state index contributed by atoms with van der Waals surface area (Å²) in [4.78, 5) is 11.0. The van der Waals surface area contributed by atoms with Crippen LogP contribution in [0.4, 0.5) is 5.69 Å². The number of fused-ring (bicyclic) bond motifs is 1. The van der Waals surface area contributed by atoms with Crippen LogP contribution >= 0.6 is 0 Å². The van der Waals surface area contributed by atoms with Crippen molar-refractivity contribution in [1.82, 2.24) is 0 Å². The molecule has 3 aromatic rings. The van der Waals surface area contributed by atoms with E-state index in [-0.39, 0.29) is 0 Å². The van der Waals surface area contributed by atoms with Crippen LogP contribution in [0.3, 0.4) is 0 Å². The van der Waals surface area contributed by atoms with Crippen molar-refractivity contribution in [3.8, 4) is 11.1 Å². The predicted octanol–water partition coefficient (Wildman–Crippen LogP) is 5.90. The number of rotatable bonds is 4. The van der Waals surface area contributed by atoms with E-state index < -0.39 is 0 Å². The van der Waals surface area contributed by atoms with Gasteiger partial charge in [0.05, 0.1) is 0 Å². The second-order valence-electron chi connectivity index (χ2n) is 7.03. The fraction of sp³-hybridized carbons (Fsp3) is 0.120. The lowest BCUT2D eigenvalue weighted by molar-refractivity contribution is 0.792. The smallest absolute Gasteiger partial charge is 0.160 e. The van der Waals surface area contributed by atoms with E-state index in [1.54, 1.807) is 0 Å². The van der Waals surface area contributed by atoms with E-state index in [0.29, 0.717) is 17.6 Å². The fourth-order valence-corrected chi connectivity index (χ4v) is 3.68. The van der Waals surface area contributed by atoms with E-state index >= 15 is 0 Å². The molecule has 0 fully saturated rings. The van der Waals surface area contributed by atoms with Crippen LogP contribution in [0.5, 0.6) is 0 Å². The molecule has 28 heavy (non-hydrogen) atoms. The number of hydrogen-bond donors (Lipinski definition) is 0. The van der Waals surface area contributed by atoms with E-state index in [4.69, 9.17) is 4.99 Å². The van der Waals surface area contributed by atoms with E-state index in [1.165, 1.54) is 22.4 Å². The quantitative estimate of drug-likeness (QED) is 0.418. The summed E-state index contributed by atoms with van der Waals surface area (Å²) < 4.78 is 0. The molecule has 3 aromatic carbocycles. The number of benzene rings is 3. The Hall–Kier alpha value is -3.46. The Morgan fingerprint density at radius 1 is 0.929 bits per heavy atom. The lowest BCUT2D eigenvalue weighted by Crippen LogP contribution is -2.19. The normalized spacial score (nSPS) is 16.0. The Bertz CT molecular complexity index is 1040. The van der Waals surface area contributed by atoms with E-state index in [0.717, 1.165) is 12.1 Å². The zero-order valence-corrected chi connectivity index (χ0v) is 16.0. The Morgan fingerprint density at radius 2 is 1.61 bits per heavy atom. The molecular formula is C25H23N3. The maximum absolute atomic E-state index is 4.70. The first-order chi connectivity index (χ1) is 13.7. The molecule has 1 aliphatic heterocycles. The molecule has 0 N–H and O–H groups in total. The van der Waals surface area contributed by atoms with Gasteiger partial charge in [0.1, 0.15) is 5.82 Å². The highest BCUT2D eigenvalue weighted by Crippen LogP contribution is 2.40. The van der Waals surface area contributed by atoms with Crippen LogP contribution in [-0.2, 0) is 0 Å². The number of hydrogen-bond acceptors (Lipinski definition) is 2. The van der Waals surface area contributed by atoms with Gasteiger partial charge in [-0.2, -0.15) is 0 Å². The molecule has 0 aliphatic carbocycles. The van der Waals surface area contributed by atoms with Crippen molar-refractivity contribution in [2.24, 2.45) is 9.98 Å². The fourth-order valence-electron chi connectivity index (χ4n) is 3.68. The van der Waals surface area contributed by atoms with Crippen LogP contribution in [0.25, 0.3) is 11.1 Å². The molecule has 0 aromatic heterocycles. The molecule has 0 bridgehead atoms. The summed E-state index contributed by atoms with van der Waals surface area (Å²) in [6.07, 6.45) is 0. The van der Waals surface area contributed by atoms with Crippen molar-refractivity contribution in [2.45, 2.75) is 12.8 Å². The molecule has 0 saturated heterocycles. The molecule has 3 heteroatoms. The summed E-state index contributed by atoms with van der Waals surface area (Å²) in [6, 6.07) is 27.0. The number of nitrogens with zero attached hydrogens (tertiary/aromatic N) is 3. The van der Waals surface area contributed by atoms with Gasteiger partial charge in [0.25, 0.3) is 0 Å². The van der Waals surface area contributed by atoms with Crippen LogP contribution in [0.2, 0.25) is 0 Å². The summed E-state index contributed by atoms with van der Waals surface area (Å²) in [7, 11) is 0. The van der Waals surface area contributed by atoms with Gasteiger partial charge in [0.15, 0.2) is 5.84 Å². The van der Waals surface area contributed by atoms with Gasteiger partial charge in [0.2, 0.25) is 0 Å². The van der Waals surface area contributed by atoms with Crippen LogP contribution in [-0.4, -0.2) is 19.1 Å². The van der Waals surface area contributed by atoms with Gasteiger partial charge >= 0.3 is 0 Å². The van der Waals surface area contributed by atoms with Crippen molar-refractivity contribution >= 4 is 18.2 Å². The van der Waals surface area contributed by atoms with Gasteiger partial charge in [-0.3, -0.25) is 0 Å². The van der Waals surface area contributed by atoms with Gasteiger partial charge in [-0.05, 0) is 29.5 Å². The first-order valence-corrected chi connectivity index (χ1v) is 9.44. The Labute approximate surface area is 166 Å². The van der Waals surface area contributed by atoms with E-state index in [9.17, 15) is 0 Å². The summed E-state index contributed by atoms with van der Waals surface area (Å²) in [5, 5.41) is 0. The van der Waals surface area contributed by atoms with E-state index in [2.05, 4.69) is 72.6 Å². The lowest BCUT2D eigenvalue weighted by atomic mass is 9.99. The van der Waals surface area contributed by atoms with Crippen LogP contribution in [0.1, 0.15) is 24.0 Å². The highest BCUT2D eigenvalue weighted by molar-refractivity contribution is 6.02. The molecule has 1 unspecified atom stereocenters. The summed E-state index contributed by atoms with van der Waals surface area (Å²) in [6.45, 7) is 11.0. The summed E-state index contributed by atoms with van der Waals surface area (Å²) in [5.74, 6) is 1.69. The third-order valence-electron chi connectivity index (χ3n) is 5.14. The molecule has 3 nitrogen and oxygen atoms in total. The Balaban J connectivity index is 1.70. The monoisotopic (exact) mass is 365 g/mol. The van der Waals surface area contributed by atoms with Gasteiger partial charge in [-0.1, -0.05) is 86.3 Å². The van der Waals surface area contributed by atoms with Gasteiger partial charge in [-0.25, -0.2) is 9.98 Å². The van der Waals surface area contributed by atoms with Crippen molar-refractivity contribution < 1.29 is 0 Å². The maximum atomic E-state index is 4.70. The topological polar surface area (TPSA) is 28.0 Å². The van der Waals surface area contributed by atoms with Crippen molar-refractivity contribution in [3.63, 3.8) is 0 Å². The summed E-state index contributed by atoms with van der Waals surface area (Å²) >= 11 is 0. The Morgan fingerprint density at radius 3 is 2.29 bits per heavy atom. The SMILES string of the molecule is C=NC(=NC(=C)N1CC(C)c2ccc(-c3ccccc3)cc21)c1ccccc1.